The Morgan fingerprint density at radius 1 is 1.22 bits per heavy atom. The molecule has 0 aliphatic rings. The summed E-state index contributed by atoms with van der Waals surface area (Å²) in [6.45, 7) is 3.49. The number of nitrogens with zero attached hydrogens (tertiary/aromatic N) is 1. The van der Waals surface area contributed by atoms with Crippen molar-refractivity contribution in [1.82, 2.24) is 4.98 Å². The summed E-state index contributed by atoms with van der Waals surface area (Å²) in [4.78, 5) is 4.34. The van der Waals surface area contributed by atoms with Crippen LogP contribution in [0.4, 0.5) is 11.6 Å². The minimum absolute atomic E-state index is 0.0201. The van der Waals surface area contributed by atoms with Crippen LogP contribution >= 0.6 is 0 Å². The molecule has 1 heterocycles. The summed E-state index contributed by atoms with van der Waals surface area (Å²) in [6, 6.07) is 5.63. The number of hydrogen-bond donors (Lipinski definition) is 3. The van der Waals surface area contributed by atoms with Crippen LogP contribution in [0, 0.1) is 0 Å². The fourth-order valence-electron chi connectivity index (χ4n) is 1.37. The average molecular weight is 272 g/mol. The summed E-state index contributed by atoms with van der Waals surface area (Å²) < 4.78 is 21.5. The molecule has 0 spiro atoms. The number of hydrogen-bond acceptors (Lipinski definition) is 5. The Morgan fingerprint density at radius 3 is 2.39 bits per heavy atom. The third kappa shape index (κ3) is 6.41. The molecule has 0 aromatic carbocycles. The zero-order chi connectivity index (χ0) is 13.4. The van der Waals surface area contributed by atoms with Crippen molar-refractivity contribution in [3.63, 3.8) is 0 Å². The Bertz CT molecular complexity index is 462. The van der Waals surface area contributed by atoms with Crippen LogP contribution < -0.4 is 15.8 Å². The van der Waals surface area contributed by atoms with Crippen molar-refractivity contribution in [2.75, 3.05) is 29.5 Å². The van der Waals surface area contributed by atoms with Crippen LogP contribution in [-0.4, -0.2) is 32.2 Å². The van der Waals surface area contributed by atoms with Gasteiger partial charge in [-0.15, -0.1) is 0 Å². The molecular formula is C11H20N4O2S. The van der Waals surface area contributed by atoms with E-state index in [9.17, 15) is 8.42 Å². The first-order valence-electron chi connectivity index (χ1n) is 5.96. The van der Waals surface area contributed by atoms with Gasteiger partial charge in [-0.2, -0.15) is 0 Å². The highest BCUT2D eigenvalue weighted by molar-refractivity contribution is 7.89. The van der Waals surface area contributed by atoms with E-state index in [2.05, 4.69) is 22.5 Å². The lowest BCUT2D eigenvalue weighted by atomic mass is 10.4. The van der Waals surface area contributed by atoms with E-state index < -0.39 is 10.0 Å². The van der Waals surface area contributed by atoms with E-state index in [0.29, 0.717) is 13.0 Å². The highest BCUT2D eigenvalue weighted by Gasteiger charge is 2.02. The smallest absolute Gasteiger partial charge is 0.209 e. The number of aromatic nitrogens is 1. The molecule has 4 N–H and O–H groups in total. The maximum atomic E-state index is 10.7. The molecule has 0 radical (unpaired) electrons. The van der Waals surface area contributed by atoms with Gasteiger partial charge in [0.2, 0.25) is 10.0 Å². The molecule has 0 unspecified atom stereocenters. The van der Waals surface area contributed by atoms with Crippen LogP contribution in [-0.2, 0) is 10.0 Å². The molecule has 0 aliphatic heterocycles. The minimum atomic E-state index is -3.37. The largest absolute Gasteiger partial charge is 0.370 e. The highest BCUT2D eigenvalue weighted by atomic mass is 32.2. The Balaban J connectivity index is 2.38. The fraction of sp³-hybridized carbons (Fsp3) is 0.545. The summed E-state index contributed by atoms with van der Waals surface area (Å²) in [5.74, 6) is 1.52. The molecule has 0 aliphatic carbocycles. The summed E-state index contributed by atoms with van der Waals surface area (Å²) >= 11 is 0. The number of nitrogens with two attached hydrogens (primary N) is 1. The van der Waals surface area contributed by atoms with Crippen molar-refractivity contribution in [2.24, 2.45) is 5.14 Å². The molecule has 0 fully saturated rings. The molecule has 0 amide bonds. The van der Waals surface area contributed by atoms with Crippen LogP contribution in [0.15, 0.2) is 18.2 Å². The van der Waals surface area contributed by atoms with Gasteiger partial charge in [0.05, 0.1) is 5.75 Å². The van der Waals surface area contributed by atoms with Gasteiger partial charge in [-0.25, -0.2) is 18.5 Å². The summed E-state index contributed by atoms with van der Waals surface area (Å²) in [5, 5.41) is 11.2. The van der Waals surface area contributed by atoms with Gasteiger partial charge in [-0.05, 0) is 25.0 Å². The second-order valence-corrected chi connectivity index (χ2v) is 5.72. The second-order valence-electron chi connectivity index (χ2n) is 3.98. The van der Waals surface area contributed by atoms with Crippen LogP contribution in [0.2, 0.25) is 0 Å². The molecule has 7 heteroatoms. The third-order valence-electron chi connectivity index (χ3n) is 2.22. The average Bonchev–Trinajstić information content (AvgIpc) is 2.31. The van der Waals surface area contributed by atoms with Crippen molar-refractivity contribution in [3.8, 4) is 0 Å². The van der Waals surface area contributed by atoms with Gasteiger partial charge in [-0.1, -0.05) is 13.0 Å². The molecule has 0 saturated carbocycles. The van der Waals surface area contributed by atoms with Gasteiger partial charge >= 0.3 is 0 Å². The van der Waals surface area contributed by atoms with E-state index in [1.807, 2.05) is 18.2 Å². The molecule has 102 valence electrons. The SMILES string of the molecule is CCCNc1cccc(NCCCS(N)(=O)=O)n1. The van der Waals surface area contributed by atoms with Crippen LogP contribution in [0.25, 0.3) is 0 Å². The molecule has 1 rings (SSSR count). The van der Waals surface area contributed by atoms with Gasteiger partial charge in [0.15, 0.2) is 0 Å². The first-order valence-corrected chi connectivity index (χ1v) is 7.68. The topological polar surface area (TPSA) is 97.1 Å². The molecule has 0 atom stereocenters. The molecule has 6 nitrogen and oxygen atoms in total. The van der Waals surface area contributed by atoms with Crippen LogP contribution in [0.5, 0.6) is 0 Å². The molecule has 1 aromatic rings. The minimum Gasteiger partial charge on any atom is -0.370 e. The van der Waals surface area contributed by atoms with Crippen molar-refractivity contribution in [3.05, 3.63) is 18.2 Å². The van der Waals surface area contributed by atoms with E-state index in [4.69, 9.17) is 5.14 Å². The van der Waals surface area contributed by atoms with E-state index in [1.54, 1.807) is 0 Å². The molecular weight excluding hydrogens is 252 g/mol. The Hall–Kier alpha value is -1.34. The number of sulfonamides is 1. The monoisotopic (exact) mass is 272 g/mol. The first kappa shape index (κ1) is 14.7. The third-order valence-corrected chi connectivity index (χ3v) is 3.07. The molecule has 0 saturated heterocycles. The second kappa shape index (κ2) is 7.17. The van der Waals surface area contributed by atoms with Crippen molar-refractivity contribution in [1.29, 1.82) is 0 Å². The Morgan fingerprint density at radius 2 is 1.83 bits per heavy atom. The maximum absolute atomic E-state index is 10.7. The van der Waals surface area contributed by atoms with Gasteiger partial charge < -0.3 is 10.6 Å². The van der Waals surface area contributed by atoms with E-state index >= 15 is 0 Å². The number of rotatable bonds is 8. The normalized spacial score (nSPS) is 11.2. The highest BCUT2D eigenvalue weighted by Crippen LogP contribution is 2.09. The van der Waals surface area contributed by atoms with Gasteiger partial charge in [0.1, 0.15) is 11.6 Å². The fourth-order valence-corrected chi connectivity index (χ4v) is 1.92. The predicted molar refractivity (Wildman–Crippen MR) is 74.1 cm³/mol. The number of nitrogens with one attached hydrogen (secondary N) is 2. The van der Waals surface area contributed by atoms with E-state index in [0.717, 1.165) is 24.6 Å². The van der Waals surface area contributed by atoms with Crippen molar-refractivity contribution < 1.29 is 8.42 Å². The molecule has 1 aromatic heterocycles. The zero-order valence-corrected chi connectivity index (χ0v) is 11.3. The lowest BCUT2D eigenvalue weighted by Gasteiger charge is -2.08. The van der Waals surface area contributed by atoms with Crippen LogP contribution in [0.3, 0.4) is 0 Å². The maximum Gasteiger partial charge on any atom is 0.209 e. The van der Waals surface area contributed by atoms with E-state index in [-0.39, 0.29) is 5.75 Å². The van der Waals surface area contributed by atoms with Gasteiger partial charge in [0.25, 0.3) is 0 Å². The Kier molecular flexibility index (Phi) is 5.87. The first-order chi connectivity index (χ1) is 8.51. The standard InChI is InChI=1S/C11H20N4O2S/c1-2-7-13-10-5-3-6-11(15-10)14-8-4-9-18(12,16)17/h3,5-6H,2,4,7-9H2,1H3,(H2,12,16,17)(H2,13,14,15). The van der Waals surface area contributed by atoms with Crippen molar-refractivity contribution in [2.45, 2.75) is 19.8 Å². The summed E-state index contributed by atoms with van der Waals surface area (Å²) in [5.41, 5.74) is 0. The number of pyridine rings is 1. The summed E-state index contributed by atoms with van der Waals surface area (Å²) in [7, 11) is -3.37. The van der Waals surface area contributed by atoms with Crippen LogP contribution in [0.1, 0.15) is 19.8 Å². The van der Waals surface area contributed by atoms with Crippen molar-refractivity contribution >= 4 is 21.7 Å². The quantitative estimate of drug-likeness (QED) is 0.613. The van der Waals surface area contributed by atoms with Gasteiger partial charge in [-0.3, -0.25) is 0 Å². The van der Waals surface area contributed by atoms with E-state index in [1.165, 1.54) is 0 Å². The molecule has 18 heavy (non-hydrogen) atoms. The lowest BCUT2D eigenvalue weighted by molar-refractivity contribution is 0.595. The number of anilines is 2. The number of primary sulfonamides is 1. The summed E-state index contributed by atoms with van der Waals surface area (Å²) in [6.07, 6.45) is 1.50. The Labute approximate surface area is 108 Å². The lowest BCUT2D eigenvalue weighted by Crippen LogP contribution is -2.18. The zero-order valence-electron chi connectivity index (χ0n) is 10.5. The van der Waals surface area contributed by atoms with Gasteiger partial charge in [0, 0.05) is 13.1 Å². The predicted octanol–water partition coefficient (Wildman–Crippen LogP) is 0.994. The molecule has 0 bridgehead atoms.